The van der Waals surface area contributed by atoms with Crippen molar-refractivity contribution >= 4 is 17.5 Å². The van der Waals surface area contributed by atoms with Gasteiger partial charge in [-0.15, -0.1) is 0 Å². The summed E-state index contributed by atoms with van der Waals surface area (Å²) in [6, 6.07) is 7.19. The number of ether oxygens (including phenoxy) is 2. The number of aliphatic imine (C=N–C) groups is 1. The third-order valence-electron chi connectivity index (χ3n) is 4.56. The van der Waals surface area contributed by atoms with E-state index in [2.05, 4.69) is 4.99 Å². The van der Waals surface area contributed by atoms with E-state index < -0.39 is 23.1 Å². The second-order valence-electron chi connectivity index (χ2n) is 6.01. The van der Waals surface area contributed by atoms with Gasteiger partial charge < -0.3 is 9.47 Å². The maximum Gasteiger partial charge on any atom is 0.332 e. The van der Waals surface area contributed by atoms with Crippen LogP contribution >= 0.6 is 0 Å². The minimum Gasteiger partial charge on any atom is -0.497 e. The van der Waals surface area contributed by atoms with Gasteiger partial charge >= 0.3 is 11.7 Å². The zero-order valence-corrected chi connectivity index (χ0v) is 15.0. The van der Waals surface area contributed by atoms with E-state index in [4.69, 9.17) is 9.47 Å². The van der Waals surface area contributed by atoms with Gasteiger partial charge in [0.15, 0.2) is 0 Å². The lowest BCUT2D eigenvalue weighted by molar-refractivity contribution is -0.142. The number of methoxy groups -OCH3 is 2. The van der Waals surface area contributed by atoms with Gasteiger partial charge in [-0.05, 0) is 29.8 Å². The van der Waals surface area contributed by atoms with E-state index in [-0.39, 0.29) is 17.8 Å². The molecule has 8 heteroatoms. The molecule has 136 valence electrons. The molecule has 0 N–H and O–H groups in total. The molecule has 3 rings (SSSR count). The van der Waals surface area contributed by atoms with Gasteiger partial charge in [-0.3, -0.25) is 18.7 Å². The molecule has 1 aromatic carbocycles. The summed E-state index contributed by atoms with van der Waals surface area (Å²) in [5.74, 6) is -0.486. The quantitative estimate of drug-likeness (QED) is 0.760. The Hall–Kier alpha value is -3.16. The van der Waals surface area contributed by atoms with Crippen LogP contribution in [-0.4, -0.2) is 35.0 Å². The maximum absolute atomic E-state index is 12.6. The highest BCUT2D eigenvalue weighted by Gasteiger charge is 2.35. The van der Waals surface area contributed by atoms with Gasteiger partial charge in [0.25, 0.3) is 5.56 Å². The first-order valence-electron chi connectivity index (χ1n) is 7.98. The Morgan fingerprint density at radius 1 is 1.12 bits per heavy atom. The minimum absolute atomic E-state index is 0.179. The second-order valence-corrected chi connectivity index (χ2v) is 6.01. The summed E-state index contributed by atoms with van der Waals surface area (Å²) in [4.78, 5) is 41.7. The van der Waals surface area contributed by atoms with E-state index >= 15 is 0 Å². The van der Waals surface area contributed by atoms with Gasteiger partial charge in [-0.1, -0.05) is 0 Å². The Balaban J connectivity index is 2.25. The van der Waals surface area contributed by atoms with Gasteiger partial charge in [-0.25, -0.2) is 9.79 Å². The highest BCUT2D eigenvalue weighted by molar-refractivity contribution is 6.06. The van der Waals surface area contributed by atoms with Crippen molar-refractivity contribution < 1.29 is 14.3 Å². The molecule has 0 saturated carbocycles. The van der Waals surface area contributed by atoms with Crippen molar-refractivity contribution in [2.45, 2.75) is 12.3 Å². The van der Waals surface area contributed by atoms with E-state index in [1.54, 1.807) is 19.2 Å². The molecule has 2 heterocycles. The van der Waals surface area contributed by atoms with E-state index in [1.165, 1.54) is 25.8 Å². The van der Waals surface area contributed by atoms with Crippen LogP contribution < -0.4 is 16.0 Å². The molecule has 1 atom stereocenters. The van der Waals surface area contributed by atoms with E-state index in [1.807, 2.05) is 12.1 Å². The summed E-state index contributed by atoms with van der Waals surface area (Å²) in [7, 11) is 5.74. The fraction of sp³-hybridized carbons (Fsp3) is 0.333. The third kappa shape index (κ3) is 2.73. The number of esters is 1. The molecule has 0 saturated heterocycles. The third-order valence-corrected chi connectivity index (χ3v) is 4.56. The molecule has 0 fully saturated rings. The number of hydrogen-bond donors (Lipinski definition) is 0. The summed E-state index contributed by atoms with van der Waals surface area (Å²) in [5.41, 5.74) is 0.518. The molecule has 26 heavy (non-hydrogen) atoms. The summed E-state index contributed by atoms with van der Waals surface area (Å²) in [6.45, 7) is 0. The zero-order chi connectivity index (χ0) is 19.0. The van der Waals surface area contributed by atoms with Gasteiger partial charge in [-0.2, -0.15) is 0 Å². The Morgan fingerprint density at radius 3 is 2.35 bits per heavy atom. The monoisotopic (exact) mass is 357 g/mol. The van der Waals surface area contributed by atoms with Crippen molar-refractivity contribution in [2.75, 3.05) is 14.2 Å². The van der Waals surface area contributed by atoms with E-state index in [0.29, 0.717) is 11.5 Å². The van der Waals surface area contributed by atoms with Crippen LogP contribution in [0.1, 0.15) is 23.5 Å². The number of fused-ring (bicyclic) bond motifs is 1. The predicted octanol–water partition coefficient (Wildman–Crippen LogP) is 0.874. The summed E-state index contributed by atoms with van der Waals surface area (Å²) >= 11 is 0. The SMILES string of the molecule is COC(=O)C1CC(c2ccc(OC)cc2)=Nc2c1c(=O)n(C)c(=O)n2C. The molecule has 1 unspecified atom stereocenters. The highest BCUT2D eigenvalue weighted by atomic mass is 16.5. The standard InChI is InChI=1S/C18H19N3O5/c1-20-15-14(16(22)21(2)18(20)24)12(17(23)26-4)9-13(19-15)10-5-7-11(25-3)8-6-10/h5-8,12H,9H2,1-4H3. The fourth-order valence-electron chi connectivity index (χ4n) is 3.08. The van der Waals surface area contributed by atoms with Crippen LogP contribution in [0.15, 0.2) is 38.8 Å². The molecular formula is C18H19N3O5. The van der Waals surface area contributed by atoms with Gasteiger partial charge in [0.2, 0.25) is 0 Å². The molecule has 0 bridgehead atoms. The van der Waals surface area contributed by atoms with Crippen molar-refractivity contribution in [1.29, 1.82) is 0 Å². The number of nitrogens with zero attached hydrogens (tertiary/aromatic N) is 3. The molecule has 1 aromatic heterocycles. The van der Waals surface area contributed by atoms with Gasteiger partial charge in [0, 0.05) is 20.5 Å². The highest BCUT2D eigenvalue weighted by Crippen LogP contribution is 2.33. The summed E-state index contributed by atoms with van der Waals surface area (Å²) in [6.07, 6.45) is 0.208. The lowest BCUT2D eigenvalue weighted by Gasteiger charge is -2.24. The zero-order valence-electron chi connectivity index (χ0n) is 15.0. The molecule has 2 aromatic rings. The van der Waals surface area contributed by atoms with Crippen molar-refractivity contribution in [1.82, 2.24) is 9.13 Å². The van der Waals surface area contributed by atoms with Crippen molar-refractivity contribution in [3.63, 3.8) is 0 Å². The Morgan fingerprint density at radius 2 is 1.77 bits per heavy atom. The molecule has 0 radical (unpaired) electrons. The first-order chi connectivity index (χ1) is 12.4. The molecule has 0 aliphatic carbocycles. The summed E-state index contributed by atoms with van der Waals surface area (Å²) in [5, 5.41) is 0. The van der Waals surface area contributed by atoms with Crippen molar-refractivity contribution in [3.8, 4) is 5.75 Å². The lowest BCUT2D eigenvalue weighted by atomic mass is 9.89. The van der Waals surface area contributed by atoms with Crippen LogP contribution in [0.4, 0.5) is 5.82 Å². The predicted molar refractivity (Wildman–Crippen MR) is 95.5 cm³/mol. The molecular weight excluding hydrogens is 338 g/mol. The smallest absolute Gasteiger partial charge is 0.332 e. The number of rotatable bonds is 3. The Labute approximate surface area is 149 Å². The minimum atomic E-state index is -0.824. The fourth-order valence-corrected chi connectivity index (χ4v) is 3.08. The van der Waals surface area contributed by atoms with Crippen molar-refractivity contribution in [2.24, 2.45) is 19.1 Å². The lowest BCUT2D eigenvalue weighted by Crippen LogP contribution is -2.42. The molecule has 1 aliphatic heterocycles. The number of carbonyl (C=O) groups is 1. The first-order valence-corrected chi connectivity index (χ1v) is 7.98. The van der Waals surface area contributed by atoms with Crippen LogP contribution in [0.5, 0.6) is 5.75 Å². The average molecular weight is 357 g/mol. The molecule has 8 nitrogen and oxygen atoms in total. The normalized spacial score (nSPS) is 15.8. The van der Waals surface area contributed by atoms with Crippen LogP contribution in [0.2, 0.25) is 0 Å². The molecule has 1 aliphatic rings. The molecule has 0 amide bonds. The Bertz CT molecular complexity index is 1010. The van der Waals surface area contributed by atoms with Gasteiger partial charge in [0.05, 0.1) is 31.4 Å². The average Bonchev–Trinajstić information content (AvgIpc) is 2.69. The number of benzene rings is 1. The number of aromatic nitrogens is 2. The number of carbonyl (C=O) groups excluding carboxylic acids is 1. The molecule has 0 spiro atoms. The number of hydrogen-bond acceptors (Lipinski definition) is 6. The van der Waals surface area contributed by atoms with E-state index in [9.17, 15) is 14.4 Å². The Kier molecular flexibility index (Phi) is 4.50. The van der Waals surface area contributed by atoms with Crippen LogP contribution in [0.25, 0.3) is 0 Å². The van der Waals surface area contributed by atoms with Crippen LogP contribution in [-0.2, 0) is 23.6 Å². The topological polar surface area (TPSA) is 91.9 Å². The van der Waals surface area contributed by atoms with Crippen LogP contribution in [0, 0.1) is 0 Å². The first kappa shape index (κ1) is 17.7. The largest absolute Gasteiger partial charge is 0.497 e. The van der Waals surface area contributed by atoms with Crippen LogP contribution in [0.3, 0.4) is 0 Å². The van der Waals surface area contributed by atoms with E-state index in [0.717, 1.165) is 10.1 Å². The summed E-state index contributed by atoms with van der Waals surface area (Å²) < 4.78 is 12.3. The van der Waals surface area contributed by atoms with Crippen molar-refractivity contribution in [3.05, 3.63) is 56.2 Å². The van der Waals surface area contributed by atoms with Gasteiger partial charge in [0.1, 0.15) is 11.6 Å². The second kappa shape index (κ2) is 6.62. The maximum atomic E-state index is 12.6.